The molecule has 2 N–H and O–H groups in total. The number of hydrogen-bond donors (Lipinski definition) is 2. The second kappa shape index (κ2) is 7.92. The Morgan fingerprint density at radius 1 is 0.556 bits per heavy atom. The Morgan fingerprint density at radius 3 is 1.06 bits per heavy atom. The minimum atomic E-state index is -0.918. The molecule has 0 atom stereocenters. The van der Waals surface area contributed by atoms with Gasteiger partial charge in [-0.1, -0.05) is 104 Å². The molecule has 2 aliphatic rings. The first-order chi connectivity index (χ1) is 17.4. The summed E-state index contributed by atoms with van der Waals surface area (Å²) in [6.07, 6.45) is -0.262. The number of rotatable bonds is 6. The zero-order valence-electron chi connectivity index (χ0n) is 19.9. The van der Waals surface area contributed by atoms with Crippen molar-refractivity contribution < 1.29 is 19.8 Å². The lowest BCUT2D eigenvalue weighted by atomic mass is 9.53. The second-order valence-electron chi connectivity index (χ2n) is 9.99. The van der Waals surface area contributed by atoms with Crippen LogP contribution in [0.1, 0.15) is 42.0 Å². The summed E-state index contributed by atoms with van der Waals surface area (Å²) in [5.41, 5.74) is 6.05. The average molecular weight is 475 g/mol. The molecule has 0 unspecified atom stereocenters. The van der Waals surface area contributed by atoms with Gasteiger partial charge in [0, 0.05) is 10.8 Å². The number of carboxylic acids is 2. The molecule has 4 aromatic carbocycles. The van der Waals surface area contributed by atoms with E-state index < -0.39 is 22.8 Å². The molecule has 0 fully saturated rings. The van der Waals surface area contributed by atoms with Crippen LogP contribution in [0.15, 0.2) is 97.1 Å². The van der Waals surface area contributed by atoms with Crippen molar-refractivity contribution in [3.8, 4) is 22.3 Å². The molecule has 0 amide bonds. The van der Waals surface area contributed by atoms with E-state index in [9.17, 15) is 19.8 Å². The molecule has 0 spiro atoms. The number of carboxylic acid groups (broad SMARTS) is 2. The van der Waals surface area contributed by atoms with Crippen molar-refractivity contribution in [2.75, 3.05) is 0 Å². The fourth-order valence-corrected chi connectivity index (χ4v) is 7.24. The van der Waals surface area contributed by atoms with Gasteiger partial charge in [0.25, 0.3) is 0 Å². The Bertz CT molecular complexity index is 1330. The highest BCUT2D eigenvalue weighted by Gasteiger charge is 2.59. The van der Waals surface area contributed by atoms with Gasteiger partial charge in [-0.2, -0.15) is 0 Å². The van der Waals surface area contributed by atoms with Crippen molar-refractivity contribution in [1.29, 1.82) is 0 Å². The van der Waals surface area contributed by atoms with Crippen LogP contribution in [-0.2, 0) is 20.4 Å². The van der Waals surface area contributed by atoms with Gasteiger partial charge in [0.05, 0.1) is 12.8 Å². The largest absolute Gasteiger partial charge is 0.481 e. The molecule has 4 aromatic rings. The van der Waals surface area contributed by atoms with Gasteiger partial charge in [0.1, 0.15) is 0 Å². The molecule has 4 heteroatoms. The number of hydrogen-bond acceptors (Lipinski definition) is 2. The summed E-state index contributed by atoms with van der Waals surface area (Å²) in [6.45, 7) is 2.06. The van der Waals surface area contributed by atoms with Crippen LogP contribution in [0.3, 0.4) is 0 Å². The van der Waals surface area contributed by atoms with E-state index >= 15 is 0 Å². The normalized spacial score (nSPS) is 15.6. The van der Waals surface area contributed by atoms with E-state index in [1.165, 1.54) is 0 Å². The molecular weight excluding hydrogens is 448 g/mol. The van der Waals surface area contributed by atoms with Crippen LogP contribution in [0.25, 0.3) is 22.3 Å². The molecule has 178 valence electrons. The SMILES string of the molecule is CC(C1(CC(=O)O)c2ccccc2-c2ccccc21)C1(CC(=O)O)c2ccccc2-c2ccccc21. The summed E-state index contributed by atoms with van der Waals surface area (Å²) >= 11 is 0. The predicted octanol–water partition coefficient (Wildman–Crippen LogP) is 6.51. The van der Waals surface area contributed by atoms with Crippen molar-refractivity contribution in [1.82, 2.24) is 0 Å². The quantitative estimate of drug-likeness (QED) is 0.334. The average Bonchev–Trinajstić information content (AvgIpc) is 3.33. The molecule has 0 saturated heterocycles. The minimum Gasteiger partial charge on any atom is -0.481 e. The maximum atomic E-state index is 12.6. The van der Waals surface area contributed by atoms with Crippen molar-refractivity contribution in [2.45, 2.75) is 30.6 Å². The third kappa shape index (κ3) is 2.81. The lowest BCUT2D eigenvalue weighted by Gasteiger charge is -2.47. The molecular formula is C32H26O4. The first kappa shape index (κ1) is 22.3. The summed E-state index contributed by atoms with van der Waals surface area (Å²) in [5.74, 6) is -2.19. The van der Waals surface area contributed by atoms with Gasteiger partial charge in [-0.15, -0.1) is 0 Å². The molecule has 0 radical (unpaired) electrons. The number of carbonyl (C=O) groups is 2. The molecule has 0 saturated carbocycles. The van der Waals surface area contributed by atoms with Crippen molar-refractivity contribution in [3.05, 3.63) is 119 Å². The highest BCUT2D eigenvalue weighted by Crippen LogP contribution is 2.64. The van der Waals surface area contributed by atoms with Crippen LogP contribution in [0.5, 0.6) is 0 Å². The van der Waals surface area contributed by atoms with Gasteiger partial charge in [-0.05, 0) is 50.4 Å². The van der Waals surface area contributed by atoms with Crippen molar-refractivity contribution in [3.63, 3.8) is 0 Å². The molecule has 0 bridgehead atoms. The highest BCUT2D eigenvalue weighted by atomic mass is 16.4. The Kier molecular flexibility index (Phi) is 4.91. The van der Waals surface area contributed by atoms with Crippen LogP contribution in [-0.4, -0.2) is 22.2 Å². The smallest absolute Gasteiger partial charge is 0.304 e. The molecule has 0 aromatic heterocycles. The Balaban J connectivity index is 1.73. The van der Waals surface area contributed by atoms with Gasteiger partial charge in [-0.25, -0.2) is 0 Å². The molecule has 2 aliphatic carbocycles. The molecule has 4 nitrogen and oxygen atoms in total. The molecule has 0 heterocycles. The van der Waals surface area contributed by atoms with Gasteiger partial charge < -0.3 is 10.2 Å². The number of aliphatic carboxylic acids is 2. The van der Waals surface area contributed by atoms with Crippen LogP contribution < -0.4 is 0 Å². The summed E-state index contributed by atoms with van der Waals surface area (Å²) < 4.78 is 0. The number of fused-ring (bicyclic) bond motifs is 6. The highest BCUT2D eigenvalue weighted by molar-refractivity contribution is 5.88. The van der Waals surface area contributed by atoms with E-state index in [1.807, 2.05) is 97.1 Å². The lowest BCUT2D eigenvalue weighted by Crippen LogP contribution is -2.48. The minimum absolute atomic E-state index is 0.131. The Labute approximate surface area is 209 Å². The molecule has 0 aliphatic heterocycles. The molecule has 6 rings (SSSR count). The van der Waals surface area contributed by atoms with Crippen LogP contribution in [0, 0.1) is 5.92 Å². The van der Waals surface area contributed by atoms with Gasteiger partial charge >= 0.3 is 11.9 Å². The fourth-order valence-electron chi connectivity index (χ4n) is 7.24. The third-order valence-electron chi connectivity index (χ3n) is 8.55. The summed E-state index contributed by atoms with van der Waals surface area (Å²) in [5, 5.41) is 20.6. The maximum absolute atomic E-state index is 12.6. The van der Waals surface area contributed by atoms with Crippen molar-refractivity contribution in [2.24, 2.45) is 5.92 Å². The van der Waals surface area contributed by atoms with Gasteiger partial charge in [-0.3, -0.25) is 9.59 Å². The Morgan fingerprint density at radius 2 is 0.806 bits per heavy atom. The van der Waals surface area contributed by atoms with Crippen LogP contribution >= 0.6 is 0 Å². The van der Waals surface area contributed by atoms with E-state index in [-0.39, 0.29) is 18.8 Å². The topological polar surface area (TPSA) is 74.6 Å². The van der Waals surface area contributed by atoms with E-state index in [0.717, 1.165) is 44.5 Å². The first-order valence-corrected chi connectivity index (χ1v) is 12.2. The zero-order valence-corrected chi connectivity index (χ0v) is 19.9. The lowest BCUT2D eigenvalue weighted by molar-refractivity contribution is -0.139. The zero-order chi connectivity index (χ0) is 25.1. The molecule has 36 heavy (non-hydrogen) atoms. The van der Waals surface area contributed by atoms with Crippen molar-refractivity contribution >= 4 is 11.9 Å². The van der Waals surface area contributed by atoms with Gasteiger partial charge in [0.15, 0.2) is 0 Å². The van der Waals surface area contributed by atoms with E-state index in [2.05, 4.69) is 6.92 Å². The van der Waals surface area contributed by atoms with E-state index in [0.29, 0.717) is 0 Å². The standard InChI is InChI=1S/C32H26O4/c1-20(31(18-29(33)34)25-14-6-2-10-21(25)22-11-3-7-15-26(22)31)32(19-30(35)36)27-16-8-4-12-23(27)24-13-5-9-17-28(24)32/h2-17,20H,18-19H2,1H3,(H,33,34)(H,35,36). The predicted molar refractivity (Wildman–Crippen MR) is 139 cm³/mol. The van der Waals surface area contributed by atoms with E-state index in [4.69, 9.17) is 0 Å². The van der Waals surface area contributed by atoms with Crippen LogP contribution in [0.2, 0.25) is 0 Å². The first-order valence-electron chi connectivity index (χ1n) is 12.2. The van der Waals surface area contributed by atoms with E-state index in [1.54, 1.807) is 0 Å². The summed E-state index contributed by atoms with van der Waals surface area (Å²) in [4.78, 5) is 25.2. The monoisotopic (exact) mass is 474 g/mol. The van der Waals surface area contributed by atoms with Crippen LogP contribution in [0.4, 0.5) is 0 Å². The Hall–Kier alpha value is -4.18. The summed E-state index contributed by atoms with van der Waals surface area (Å²) in [7, 11) is 0. The summed E-state index contributed by atoms with van der Waals surface area (Å²) in [6, 6.07) is 32.0. The number of benzene rings is 4. The second-order valence-corrected chi connectivity index (χ2v) is 9.99. The van der Waals surface area contributed by atoms with Gasteiger partial charge in [0.2, 0.25) is 0 Å². The fraction of sp³-hybridized carbons (Fsp3) is 0.188. The maximum Gasteiger partial charge on any atom is 0.304 e. The third-order valence-corrected chi connectivity index (χ3v) is 8.55.